The normalized spacial score (nSPS) is 13.8. The van der Waals surface area contributed by atoms with Crippen LogP contribution in [0.3, 0.4) is 0 Å². The molecule has 0 spiro atoms. The maximum absolute atomic E-state index is 12.1. The van der Waals surface area contributed by atoms with E-state index >= 15 is 0 Å². The van der Waals surface area contributed by atoms with E-state index in [4.69, 9.17) is 5.73 Å². The molecule has 0 bridgehead atoms. The summed E-state index contributed by atoms with van der Waals surface area (Å²) >= 11 is 3.84. The molecule has 0 fully saturated rings. The van der Waals surface area contributed by atoms with Crippen LogP contribution in [0.25, 0.3) is 0 Å². The average molecular weight is 471 g/mol. The molecule has 0 heterocycles. The topological polar surface area (TPSA) is 46.2 Å². The van der Waals surface area contributed by atoms with Gasteiger partial charge in [-0.25, -0.2) is 0 Å². The molecule has 17 heavy (non-hydrogen) atoms. The lowest BCUT2D eigenvalue weighted by molar-refractivity contribution is -0.136. The summed E-state index contributed by atoms with van der Waals surface area (Å²) in [6.07, 6.45) is -5.24. The standard InChI is InChI=1S/C10H10F3I2NO/c11-10(12,13)2-1-8(16)5-3-6(14)9(17)7(15)4-5/h3-4,8,17H,1-2,16H2/t8-/m0/s1. The third-order valence-electron chi connectivity index (χ3n) is 2.21. The third kappa shape index (κ3) is 4.78. The molecule has 0 aliphatic heterocycles. The fourth-order valence-electron chi connectivity index (χ4n) is 1.29. The number of nitrogens with two attached hydrogens (primary N) is 1. The van der Waals surface area contributed by atoms with E-state index in [1.165, 1.54) is 0 Å². The molecule has 0 aliphatic carbocycles. The van der Waals surface area contributed by atoms with E-state index in [2.05, 4.69) is 0 Å². The summed E-state index contributed by atoms with van der Waals surface area (Å²) in [6.45, 7) is 0. The number of phenols is 1. The first-order valence-electron chi connectivity index (χ1n) is 4.71. The first kappa shape index (κ1) is 15.3. The van der Waals surface area contributed by atoms with Crippen LogP contribution in [0.15, 0.2) is 12.1 Å². The van der Waals surface area contributed by atoms with Gasteiger partial charge in [0, 0.05) is 12.5 Å². The number of alkyl halides is 3. The third-order valence-corrected chi connectivity index (χ3v) is 3.85. The average Bonchev–Trinajstić information content (AvgIpc) is 2.20. The summed E-state index contributed by atoms with van der Waals surface area (Å²) in [5, 5.41) is 9.54. The summed E-state index contributed by atoms with van der Waals surface area (Å²) in [4.78, 5) is 0. The highest BCUT2D eigenvalue weighted by molar-refractivity contribution is 14.1. The first-order valence-corrected chi connectivity index (χ1v) is 6.86. The Bertz CT molecular complexity index is 386. The SMILES string of the molecule is N[C@@H](CCC(F)(F)F)c1cc(I)c(O)c(I)c1. The van der Waals surface area contributed by atoms with E-state index in [1.54, 1.807) is 12.1 Å². The van der Waals surface area contributed by atoms with E-state index < -0.39 is 18.6 Å². The Balaban J connectivity index is 2.79. The van der Waals surface area contributed by atoms with Gasteiger partial charge in [-0.2, -0.15) is 13.2 Å². The van der Waals surface area contributed by atoms with Gasteiger partial charge >= 0.3 is 6.18 Å². The fourth-order valence-corrected chi connectivity index (χ4v) is 3.10. The van der Waals surface area contributed by atoms with Crippen molar-refractivity contribution in [3.8, 4) is 5.75 Å². The second-order valence-electron chi connectivity index (χ2n) is 3.59. The second-order valence-corrected chi connectivity index (χ2v) is 5.92. The zero-order chi connectivity index (χ0) is 13.2. The number of hydrogen-bond donors (Lipinski definition) is 2. The maximum atomic E-state index is 12.1. The lowest BCUT2D eigenvalue weighted by Crippen LogP contribution is -2.16. The molecule has 0 aliphatic rings. The molecular formula is C10H10F3I2NO. The van der Waals surface area contributed by atoms with Crippen LogP contribution < -0.4 is 5.73 Å². The highest BCUT2D eigenvalue weighted by atomic mass is 127. The Hall–Kier alpha value is 0.230. The zero-order valence-electron chi connectivity index (χ0n) is 8.56. The minimum Gasteiger partial charge on any atom is -0.506 e. The van der Waals surface area contributed by atoms with Crippen molar-refractivity contribution >= 4 is 45.2 Å². The van der Waals surface area contributed by atoms with Crippen molar-refractivity contribution in [2.75, 3.05) is 0 Å². The quantitative estimate of drug-likeness (QED) is 0.657. The summed E-state index contributed by atoms with van der Waals surface area (Å²) in [5.74, 6) is 0.137. The van der Waals surface area contributed by atoms with Gasteiger partial charge in [0.2, 0.25) is 0 Å². The Labute approximate surface area is 124 Å². The minimum absolute atomic E-state index is 0.137. The van der Waals surface area contributed by atoms with Crippen molar-refractivity contribution in [2.24, 2.45) is 5.73 Å². The smallest absolute Gasteiger partial charge is 0.389 e. The van der Waals surface area contributed by atoms with Gasteiger partial charge in [0.05, 0.1) is 7.14 Å². The predicted molar refractivity (Wildman–Crippen MR) is 75.8 cm³/mol. The van der Waals surface area contributed by atoms with Crippen LogP contribution in [-0.4, -0.2) is 11.3 Å². The molecule has 96 valence electrons. The number of phenolic OH excluding ortho intramolecular Hbond substituents is 1. The molecule has 0 radical (unpaired) electrons. The van der Waals surface area contributed by atoms with Gasteiger partial charge in [0.1, 0.15) is 5.75 Å². The maximum Gasteiger partial charge on any atom is 0.389 e. The van der Waals surface area contributed by atoms with Crippen LogP contribution in [0.2, 0.25) is 0 Å². The molecule has 0 aromatic heterocycles. The number of benzene rings is 1. The predicted octanol–water partition coefficient (Wildman–Crippen LogP) is 3.94. The van der Waals surface area contributed by atoms with Gasteiger partial charge in [-0.1, -0.05) is 0 Å². The summed E-state index contributed by atoms with van der Waals surface area (Å²) in [6, 6.07) is 2.55. The van der Waals surface area contributed by atoms with Crippen LogP contribution in [0.5, 0.6) is 5.75 Å². The monoisotopic (exact) mass is 471 g/mol. The number of aromatic hydroxyl groups is 1. The van der Waals surface area contributed by atoms with Crippen LogP contribution in [0.1, 0.15) is 24.4 Å². The summed E-state index contributed by atoms with van der Waals surface area (Å²) < 4.78 is 37.3. The largest absolute Gasteiger partial charge is 0.506 e. The van der Waals surface area contributed by atoms with E-state index in [0.717, 1.165) is 0 Å². The highest BCUT2D eigenvalue weighted by Gasteiger charge is 2.28. The van der Waals surface area contributed by atoms with Gasteiger partial charge in [0.15, 0.2) is 0 Å². The minimum atomic E-state index is -4.19. The van der Waals surface area contributed by atoms with Crippen molar-refractivity contribution in [2.45, 2.75) is 25.1 Å². The zero-order valence-corrected chi connectivity index (χ0v) is 12.9. The van der Waals surface area contributed by atoms with E-state index in [0.29, 0.717) is 12.7 Å². The van der Waals surface area contributed by atoms with Crippen LogP contribution >= 0.6 is 45.2 Å². The van der Waals surface area contributed by atoms with E-state index in [-0.39, 0.29) is 12.2 Å². The van der Waals surface area contributed by atoms with Crippen molar-refractivity contribution < 1.29 is 18.3 Å². The fraction of sp³-hybridized carbons (Fsp3) is 0.400. The van der Waals surface area contributed by atoms with Crippen molar-refractivity contribution in [1.82, 2.24) is 0 Å². The molecule has 0 saturated heterocycles. The highest BCUT2D eigenvalue weighted by Crippen LogP contribution is 2.32. The van der Waals surface area contributed by atoms with Crippen molar-refractivity contribution in [3.63, 3.8) is 0 Å². The van der Waals surface area contributed by atoms with E-state index in [1.807, 2.05) is 45.2 Å². The molecule has 1 aromatic rings. The molecule has 7 heteroatoms. The number of halogens is 5. The lowest BCUT2D eigenvalue weighted by atomic mass is 10.0. The molecule has 0 amide bonds. The van der Waals surface area contributed by atoms with Crippen molar-refractivity contribution in [1.29, 1.82) is 0 Å². The Kier molecular flexibility index (Phi) is 5.32. The molecule has 1 atom stereocenters. The van der Waals surface area contributed by atoms with Gasteiger partial charge in [-0.15, -0.1) is 0 Å². The molecule has 3 N–H and O–H groups in total. The van der Waals surface area contributed by atoms with Crippen molar-refractivity contribution in [3.05, 3.63) is 24.8 Å². The number of hydrogen-bond acceptors (Lipinski definition) is 2. The van der Waals surface area contributed by atoms with Crippen LogP contribution in [0.4, 0.5) is 13.2 Å². The van der Waals surface area contributed by atoms with E-state index in [9.17, 15) is 18.3 Å². The first-order chi connectivity index (χ1) is 7.70. The Morgan fingerprint density at radius 1 is 1.24 bits per heavy atom. The van der Waals surface area contributed by atoms with Gasteiger partial charge in [0.25, 0.3) is 0 Å². The summed E-state index contributed by atoms with van der Waals surface area (Å²) in [7, 11) is 0. The molecule has 0 unspecified atom stereocenters. The molecule has 0 saturated carbocycles. The Morgan fingerprint density at radius 3 is 2.12 bits per heavy atom. The molecule has 1 rings (SSSR count). The summed E-state index contributed by atoms with van der Waals surface area (Å²) in [5.41, 5.74) is 6.31. The molecule has 1 aromatic carbocycles. The Morgan fingerprint density at radius 2 is 1.71 bits per heavy atom. The van der Waals surface area contributed by atoms with Gasteiger partial charge in [-0.05, 0) is 69.3 Å². The van der Waals surface area contributed by atoms with Gasteiger partial charge in [-0.3, -0.25) is 0 Å². The second kappa shape index (κ2) is 5.91. The van der Waals surface area contributed by atoms with Crippen LogP contribution in [-0.2, 0) is 0 Å². The molecule has 2 nitrogen and oxygen atoms in total. The van der Waals surface area contributed by atoms with Gasteiger partial charge < -0.3 is 10.8 Å². The lowest BCUT2D eigenvalue weighted by Gasteiger charge is -2.15. The number of rotatable bonds is 3. The van der Waals surface area contributed by atoms with Crippen LogP contribution in [0, 0.1) is 7.14 Å². The molecular weight excluding hydrogens is 461 g/mol.